The average Bonchev–Trinajstić information content (AvgIpc) is 2.41. The maximum absolute atomic E-state index is 3.70. The standard InChI is InChI=1S/C16H17Br2N/c1-11-6-5-8-13(16(11)18)15(19-2)10-12-7-3-4-9-14(12)17/h3-9,15,19H,10H2,1-2H3. The maximum Gasteiger partial charge on any atom is 0.0370 e. The van der Waals surface area contributed by atoms with Crippen molar-refractivity contribution in [1.29, 1.82) is 0 Å². The average molecular weight is 383 g/mol. The molecule has 2 aromatic carbocycles. The van der Waals surface area contributed by atoms with Gasteiger partial charge in [-0.25, -0.2) is 0 Å². The fourth-order valence-corrected chi connectivity index (χ4v) is 3.18. The molecule has 0 radical (unpaired) electrons. The number of hydrogen-bond acceptors (Lipinski definition) is 1. The molecule has 1 atom stereocenters. The molecule has 2 rings (SSSR count). The normalized spacial score (nSPS) is 12.4. The Bertz CT molecular complexity index is 566. The van der Waals surface area contributed by atoms with Gasteiger partial charge in [0.15, 0.2) is 0 Å². The molecule has 0 saturated heterocycles. The van der Waals surface area contributed by atoms with E-state index in [4.69, 9.17) is 0 Å². The predicted molar refractivity (Wildman–Crippen MR) is 88.5 cm³/mol. The summed E-state index contributed by atoms with van der Waals surface area (Å²) in [5.41, 5.74) is 3.89. The van der Waals surface area contributed by atoms with Gasteiger partial charge in [0.1, 0.15) is 0 Å². The van der Waals surface area contributed by atoms with Crippen molar-refractivity contribution < 1.29 is 0 Å². The first-order chi connectivity index (χ1) is 9.13. The van der Waals surface area contributed by atoms with Crippen LogP contribution in [0.4, 0.5) is 0 Å². The number of nitrogens with one attached hydrogen (secondary N) is 1. The highest BCUT2D eigenvalue weighted by Crippen LogP contribution is 2.30. The summed E-state index contributed by atoms with van der Waals surface area (Å²) >= 11 is 7.32. The van der Waals surface area contributed by atoms with Crippen LogP contribution in [0.25, 0.3) is 0 Å². The zero-order valence-corrected chi connectivity index (χ0v) is 14.3. The fraction of sp³-hybridized carbons (Fsp3) is 0.250. The molecule has 0 aliphatic heterocycles. The Balaban J connectivity index is 2.31. The summed E-state index contributed by atoms with van der Waals surface area (Å²) in [5.74, 6) is 0. The Kier molecular flexibility index (Phi) is 5.20. The first-order valence-electron chi connectivity index (χ1n) is 6.29. The third-order valence-corrected chi connectivity index (χ3v) is 5.18. The summed E-state index contributed by atoms with van der Waals surface area (Å²) in [7, 11) is 2.01. The van der Waals surface area contributed by atoms with Gasteiger partial charge in [-0.1, -0.05) is 68.3 Å². The van der Waals surface area contributed by atoms with E-state index in [9.17, 15) is 0 Å². The predicted octanol–water partition coefficient (Wildman–Crippen LogP) is 5.02. The molecule has 0 heterocycles. The van der Waals surface area contributed by atoms with Crippen molar-refractivity contribution in [2.45, 2.75) is 19.4 Å². The molecule has 3 heteroatoms. The summed E-state index contributed by atoms with van der Waals surface area (Å²) in [6.07, 6.45) is 0.958. The van der Waals surface area contributed by atoms with Crippen molar-refractivity contribution in [3.05, 3.63) is 68.1 Å². The van der Waals surface area contributed by atoms with Crippen LogP contribution in [-0.2, 0) is 6.42 Å². The molecule has 100 valence electrons. The molecule has 0 amide bonds. The third kappa shape index (κ3) is 3.47. The SMILES string of the molecule is CNC(Cc1ccccc1Br)c1cccc(C)c1Br. The quantitative estimate of drug-likeness (QED) is 0.782. The van der Waals surface area contributed by atoms with E-state index < -0.39 is 0 Å². The van der Waals surface area contributed by atoms with E-state index in [2.05, 4.69) is 80.5 Å². The van der Waals surface area contributed by atoms with Gasteiger partial charge in [-0.2, -0.15) is 0 Å². The Morgan fingerprint density at radius 1 is 1.05 bits per heavy atom. The van der Waals surface area contributed by atoms with E-state index in [0.29, 0.717) is 6.04 Å². The van der Waals surface area contributed by atoms with Crippen LogP contribution < -0.4 is 5.32 Å². The van der Waals surface area contributed by atoms with E-state index in [1.807, 2.05) is 13.1 Å². The summed E-state index contributed by atoms with van der Waals surface area (Å²) < 4.78 is 2.36. The van der Waals surface area contributed by atoms with Crippen LogP contribution in [0, 0.1) is 6.92 Å². The fourth-order valence-electron chi connectivity index (χ4n) is 2.19. The number of rotatable bonds is 4. The van der Waals surface area contributed by atoms with Crippen molar-refractivity contribution in [2.75, 3.05) is 7.05 Å². The minimum Gasteiger partial charge on any atom is -0.313 e. The molecular weight excluding hydrogens is 366 g/mol. The van der Waals surface area contributed by atoms with Gasteiger partial charge in [-0.3, -0.25) is 0 Å². The van der Waals surface area contributed by atoms with Crippen LogP contribution in [-0.4, -0.2) is 7.05 Å². The molecule has 1 unspecified atom stereocenters. The Hall–Kier alpha value is -0.640. The van der Waals surface area contributed by atoms with Gasteiger partial charge < -0.3 is 5.32 Å². The first kappa shape index (κ1) is 14.8. The van der Waals surface area contributed by atoms with E-state index in [1.54, 1.807) is 0 Å². The minimum atomic E-state index is 0.299. The van der Waals surface area contributed by atoms with Crippen molar-refractivity contribution >= 4 is 31.9 Å². The smallest absolute Gasteiger partial charge is 0.0370 e. The molecule has 19 heavy (non-hydrogen) atoms. The van der Waals surface area contributed by atoms with Crippen LogP contribution in [0.2, 0.25) is 0 Å². The monoisotopic (exact) mass is 381 g/mol. The zero-order chi connectivity index (χ0) is 13.8. The lowest BCUT2D eigenvalue weighted by Gasteiger charge is -2.20. The summed E-state index contributed by atoms with van der Waals surface area (Å²) in [6.45, 7) is 2.12. The van der Waals surface area contributed by atoms with Crippen LogP contribution in [0.15, 0.2) is 51.4 Å². The molecule has 2 aromatic rings. The number of aryl methyl sites for hydroxylation is 1. The topological polar surface area (TPSA) is 12.0 Å². The molecule has 1 N–H and O–H groups in total. The van der Waals surface area contributed by atoms with Gasteiger partial charge in [0.25, 0.3) is 0 Å². The lowest BCUT2D eigenvalue weighted by molar-refractivity contribution is 0.588. The maximum atomic E-state index is 3.70. The van der Waals surface area contributed by atoms with Gasteiger partial charge in [0.2, 0.25) is 0 Å². The lowest BCUT2D eigenvalue weighted by atomic mass is 9.98. The van der Waals surface area contributed by atoms with E-state index in [1.165, 1.54) is 25.6 Å². The molecule has 1 nitrogen and oxygen atoms in total. The Morgan fingerprint density at radius 3 is 2.47 bits per heavy atom. The second kappa shape index (κ2) is 6.69. The molecule has 0 aliphatic carbocycles. The van der Waals surface area contributed by atoms with Crippen LogP contribution >= 0.6 is 31.9 Å². The molecule has 0 spiro atoms. The number of halogens is 2. The van der Waals surface area contributed by atoms with Crippen molar-refractivity contribution in [2.24, 2.45) is 0 Å². The van der Waals surface area contributed by atoms with Gasteiger partial charge in [0, 0.05) is 15.0 Å². The highest BCUT2D eigenvalue weighted by atomic mass is 79.9. The largest absolute Gasteiger partial charge is 0.313 e. The Labute approximate surface area is 131 Å². The van der Waals surface area contributed by atoms with Crippen LogP contribution in [0.1, 0.15) is 22.7 Å². The molecule has 0 fully saturated rings. The zero-order valence-electron chi connectivity index (χ0n) is 11.1. The van der Waals surface area contributed by atoms with Gasteiger partial charge in [0.05, 0.1) is 0 Å². The summed E-state index contributed by atoms with van der Waals surface area (Å²) in [6, 6.07) is 15.1. The Morgan fingerprint density at radius 2 is 1.79 bits per heavy atom. The second-order valence-corrected chi connectivity index (χ2v) is 6.26. The minimum absolute atomic E-state index is 0.299. The van der Waals surface area contributed by atoms with Crippen LogP contribution in [0.5, 0.6) is 0 Å². The van der Waals surface area contributed by atoms with E-state index >= 15 is 0 Å². The highest BCUT2D eigenvalue weighted by molar-refractivity contribution is 9.10. The molecule has 0 saturated carbocycles. The first-order valence-corrected chi connectivity index (χ1v) is 7.87. The number of hydrogen-bond donors (Lipinski definition) is 1. The molecule has 0 aromatic heterocycles. The third-order valence-electron chi connectivity index (χ3n) is 3.33. The number of benzene rings is 2. The van der Waals surface area contributed by atoms with Gasteiger partial charge in [-0.05, 0) is 43.1 Å². The van der Waals surface area contributed by atoms with Crippen molar-refractivity contribution in [3.8, 4) is 0 Å². The molecule has 0 bridgehead atoms. The summed E-state index contributed by atoms with van der Waals surface area (Å²) in [5, 5.41) is 3.41. The second-order valence-electron chi connectivity index (χ2n) is 4.61. The lowest BCUT2D eigenvalue weighted by Crippen LogP contribution is -2.19. The molecular formula is C16H17Br2N. The summed E-state index contributed by atoms with van der Waals surface area (Å²) in [4.78, 5) is 0. The van der Waals surface area contributed by atoms with E-state index in [-0.39, 0.29) is 0 Å². The van der Waals surface area contributed by atoms with E-state index in [0.717, 1.165) is 6.42 Å². The number of likely N-dealkylation sites (N-methyl/N-ethyl adjacent to an activating group) is 1. The van der Waals surface area contributed by atoms with Crippen molar-refractivity contribution in [3.63, 3.8) is 0 Å². The van der Waals surface area contributed by atoms with Crippen molar-refractivity contribution in [1.82, 2.24) is 5.32 Å². The molecule has 0 aliphatic rings. The van der Waals surface area contributed by atoms with Crippen LogP contribution in [0.3, 0.4) is 0 Å². The van der Waals surface area contributed by atoms with Gasteiger partial charge >= 0.3 is 0 Å². The van der Waals surface area contributed by atoms with Gasteiger partial charge in [-0.15, -0.1) is 0 Å². The highest BCUT2D eigenvalue weighted by Gasteiger charge is 2.15.